The number of amides is 2. The van der Waals surface area contributed by atoms with Crippen molar-refractivity contribution >= 4 is 17.5 Å². The normalized spacial score (nSPS) is 10.8. The molecule has 2 amide bonds. The lowest BCUT2D eigenvalue weighted by Gasteiger charge is -2.24. The van der Waals surface area contributed by atoms with E-state index in [1.165, 1.54) is 12.1 Å². The van der Waals surface area contributed by atoms with E-state index in [1.807, 2.05) is 68.4 Å². The topological polar surface area (TPSA) is 40.6 Å². The van der Waals surface area contributed by atoms with E-state index < -0.39 is 0 Å². The Bertz CT molecular complexity index is 1050. The molecule has 0 aliphatic heterocycles. The molecule has 0 saturated heterocycles. The summed E-state index contributed by atoms with van der Waals surface area (Å²) in [5.74, 6) is -0.0262. The van der Waals surface area contributed by atoms with Gasteiger partial charge in [-0.15, -0.1) is 0 Å². The summed E-state index contributed by atoms with van der Waals surface area (Å²) in [7, 11) is 1.80. The van der Waals surface area contributed by atoms with Gasteiger partial charge in [-0.05, 0) is 46.9 Å². The standard InChI is InChI=1S/C28H31FN2O2/c1-21(2)17-28(33)31(20-24-9-13-25(29)14-10-24)26-15-11-22(12-16-26)18-27(32)30(3)19-23-7-5-4-6-8-23/h4-16,21H,17-20H2,1-3H3. The van der Waals surface area contributed by atoms with E-state index in [1.54, 1.807) is 29.0 Å². The zero-order chi connectivity index (χ0) is 23.8. The molecular formula is C28H31FN2O2. The summed E-state index contributed by atoms with van der Waals surface area (Å²) in [5, 5.41) is 0. The minimum atomic E-state index is -0.301. The van der Waals surface area contributed by atoms with Gasteiger partial charge < -0.3 is 9.80 Å². The summed E-state index contributed by atoms with van der Waals surface area (Å²) in [6, 6.07) is 23.6. The summed E-state index contributed by atoms with van der Waals surface area (Å²) in [6.45, 7) is 4.94. The van der Waals surface area contributed by atoms with Crippen LogP contribution in [0.4, 0.5) is 10.1 Å². The van der Waals surface area contributed by atoms with Crippen LogP contribution in [0.5, 0.6) is 0 Å². The minimum Gasteiger partial charge on any atom is -0.341 e. The summed E-state index contributed by atoms with van der Waals surface area (Å²) >= 11 is 0. The van der Waals surface area contributed by atoms with Crippen molar-refractivity contribution in [1.82, 2.24) is 4.90 Å². The van der Waals surface area contributed by atoms with Gasteiger partial charge in [-0.25, -0.2) is 4.39 Å². The van der Waals surface area contributed by atoms with Crippen LogP contribution in [0.25, 0.3) is 0 Å². The number of halogens is 1. The predicted molar refractivity (Wildman–Crippen MR) is 130 cm³/mol. The fraction of sp³-hybridized carbons (Fsp3) is 0.286. The third-order valence-corrected chi connectivity index (χ3v) is 5.43. The van der Waals surface area contributed by atoms with E-state index in [0.717, 1.165) is 22.4 Å². The Morgan fingerprint density at radius 2 is 1.33 bits per heavy atom. The predicted octanol–water partition coefficient (Wildman–Crippen LogP) is 5.61. The zero-order valence-electron chi connectivity index (χ0n) is 19.5. The van der Waals surface area contributed by atoms with Crippen LogP contribution in [0.15, 0.2) is 78.9 Å². The van der Waals surface area contributed by atoms with Crippen LogP contribution in [0, 0.1) is 11.7 Å². The Morgan fingerprint density at radius 3 is 1.94 bits per heavy atom. The van der Waals surface area contributed by atoms with Gasteiger partial charge >= 0.3 is 0 Å². The highest BCUT2D eigenvalue weighted by molar-refractivity contribution is 5.93. The first-order chi connectivity index (χ1) is 15.8. The van der Waals surface area contributed by atoms with Crippen molar-refractivity contribution in [3.8, 4) is 0 Å². The van der Waals surface area contributed by atoms with Gasteiger partial charge in [0.1, 0.15) is 5.82 Å². The van der Waals surface area contributed by atoms with Crippen molar-refractivity contribution in [3.63, 3.8) is 0 Å². The molecule has 0 unspecified atom stereocenters. The van der Waals surface area contributed by atoms with Gasteiger partial charge in [-0.3, -0.25) is 9.59 Å². The number of carbonyl (C=O) groups excluding carboxylic acids is 2. The molecule has 0 radical (unpaired) electrons. The Hall–Kier alpha value is -3.47. The molecule has 0 aliphatic carbocycles. The Balaban J connectivity index is 1.70. The van der Waals surface area contributed by atoms with Crippen LogP contribution in [0.1, 0.15) is 37.0 Å². The molecule has 3 rings (SSSR count). The molecule has 33 heavy (non-hydrogen) atoms. The van der Waals surface area contributed by atoms with E-state index in [2.05, 4.69) is 0 Å². The average molecular weight is 447 g/mol. The number of rotatable bonds is 9. The molecule has 0 aromatic heterocycles. The van der Waals surface area contributed by atoms with Crippen molar-refractivity contribution in [2.75, 3.05) is 11.9 Å². The first-order valence-electron chi connectivity index (χ1n) is 11.2. The molecule has 3 aromatic rings. The van der Waals surface area contributed by atoms with Crippen molar-refractivity contribution in [2.45, 2.75) is 39.8 Å². The summed E-state index contributed by atoms with van der Waals surface area (Å²) < 4.78 is 13.3. The number of anilines is 1. The smallest absolute Gasteiger partial charge is 0.227 e. The van der Waals surface area contributed by atoms with Crippen LogP contribution in [0.3, 0.4) is 0 Å². The van der Waals surface area contributed by atoms with Gasteiger partial charge in [0.25, 0.3) is 0 Å². The maximum absolute atomic E-state index is 13.3. The monoisotopic (exact) mass is 446 g/mol. The number of hydrogen-bond acceptors (Lipinski definition) is 2. The molecule has 0 atom stereocenters. The molecule has 172 valence electrons. The van der Waals surface area contributed by atoms with Gasteiger partial charge in [0.2, 0.25) is 11.8 Å². The van der Waals surface area contributed by atoms with E-state index in [4.69, 9.17) is 0 Å². The van der Waals surface area contributed by atoms with Crippen molar-refractivity contribution in [3.05, 3.63) is 101 Å². The van der Waals surface area contributed by atoms with Gasteiger partial charge in [0, 0.05) is 25.7 Å². The van der Waals surface area contributed by atoms with E-state index in [9.17, 15) is 14.0 Å². The third-order valence-electron chi connectivity index (χ3n) is 5.43. The first kappa shape index (κ1) is 24.2. The lowest BCUT2D eigenvalue weighted by atomic mass is 10.1. The molecule has 0 heterocycles. The van der Waals surface area contributed by atoms with Crippen LogP contribution in [0.2, 0.25) is 0 Å². The van der Waals surface area contributed by atoms with E-state index >= 15 is 0 Å². The van der Waals surface area contributed by atoms with Crippen molar-refractivity contribution < 1.29 is 14.0 Å². The molecule has 4 nitrogen and oxygen atoms in total. The highest BCUT2D eigenvalue weighted by atomic mass is 19.1. The van der Waals surface area contributed by atoms with E-state index in [-0.39, 0.29) is 23.5 Å². The lowest BCUT2D eigenvalue weighted by molar-refractivity contribution is -0.129. The minimum absolute atomic E-state index is 0.0146. The van der Waals surface area contributed by atoms with Crippen molar-refractivity contribution in [1.29, 1.82) is 0 Å². The first-order valence-corrected chi connectivity index (χ1v) is 11.2. The van der Waals surface area contributed by atoms with Crippen molar-refractivity contribution in [2.24, 2.45) is 5.92 Å². The number of hydrogen-bond donors (Lipinski definition) is 0. The molecule has 5 heteroatoms. The maximum atomic E-state index is 13.3. The highest BCUT2D eigenvalue weighted by Gasteiger charge is 2.18. The van der Waals surface area contributed by atoms with Gasteiger partial charge in [0.05, 0.1) is 13.0 Å². The molecule has 0 N–H and O–H groups in total. The SMILES string of the molecule is CC(C)CC(=O)N(Cc1ccc(F)cc1)c1ccc(CC(=O)N(C)Cc2ccccc2)cc1. The molecule has 0 fully saturated rings. The van der Waals surface area contributed by atoms with Gasteiger partial charge in [-0.2, -0.15) is 0 Å². The second-order valence-corrected chi connectivity index (χ2v) is 8.78. The Labute approximate surface area is 195 Å². The number of benzene rings is 3. The summed E-state index contributed by atoms with van der Waals surface area (Å²) in [5.41, 5.74) is 3.60. The largest absolute Gasteiger partial charge is 0.341 e. The molecule has 0 saturated carbocycles. The summed E-state index contributed by atoms with van der Waals surface area (Å²) in [4.78, 5) is 29.0. The van der Waals surface area contributed by atoms with Crippen LogP contribution < -0.4 is 4.90 Å². The molecule has 3 aromatic carbocycles. The third kappa shape index (κ3) is 7.28. The second-order valence-electron chi connectivity index (χ2n) is 8.78. The van der Waals surface area contributed by atoms with Crippen LogP contribution >= 0.6 is 0 Å². The van der Waals surface area contributed by atoms with Crippen LogP contribution in [-0.2, 0) is 29.1 Å². The second kappa shape index (κ2) is 11.4. The maximum Gasteiger partial charge on any atom is 0.227 e. The number of nitrogens with zero attached hydrogens (tertiary/aromatic N) is 2. The Morgan fingerprint density at radius 1 is 0.758 bits per heavy atom. The highest BCUT2D eigenvalue weighted by Crippen LogP contribution is 2.21. The zero-order valence-corrected chi connectivity index (χ0v) is 19.5. The van der Waals surface area contributed by atoms with Crippen LogP contribution in [-0.4, -0.2) is 23.8 Å². The van der Waals surface area contributed by atoms with Gasteiger partial charge in [-0.1, -0.05) is 68.4 Å². The number of likely N-dealkylation sites (N-methyl/N-ethyl adjacent to an activating group) is 1. The molecule has 0 bridgehead atoms. The van der Waals surface area contributed by atoms with E-state index in [0.29, 0.717) is 25.9 Å². The summed E-state index contributed by atoms with van der Waals surface area (Å²) in [6.07, 6.45) is 0.716. The molecular weight excluding hydrogens is 415 g/mol. The number of carbonyl (C=O) groups is 2. The average Bonchev–Trinajstić information content (AvgIpc) is 2.79. The van der Waals surface area contributed by atoms with Gasteiger partial charge in [0.15, 0.2) is 0 Å². The Kier molecular flexibility index (Phi) is 8.36. The molecule has 0 spiro atoms. The quantitative estimate of drug-likeness (QED) is 0.429. The lowest BCUT2D eigenvalue weighted by Crippen LogP contribution is -2.31. The fourth-order valence-electron chi connectivity index (χ4n) is 3.60. The molecule has 0 aliphatic rings. The fourth-order valence-corrected chi connectivity index (χ4v) is 3.60.